The van der Waals surface area contributed by atoms with Crippen LogP contribution < -0.4 is 5.32 Å². The fraction of sp³-hybridized carbons (Fsp3) is 0.143. The van der Waals surface area contributed by atoms with E-state index in [1.807, 2.05) is 6.92 Å². The number of hydrogen-bond donors (Lipinski definition) is 2. The largest absolute Gasteiger partial charge is 0.384 e. The van der Waals surface area contributed by atoms with Crippen molar-refractivity contribution in [2.45, 2.75) is 6.92 Å². The van der Waals surface area contributed by atoms with Crippen molar-refractivity contribution in [1.82, 2.24) is 4.98 Å². The maximum Gasteiger partial charge on any atom is 0.256 e. The van der Waals surface area contributed by atoms with Crippen molar-refractivity contribution < 1.29 is 9.90 Å². The van der Waals surface area contributed by atoms with Crippen LogP contribution in [0.3, 0.4) is 0 Å². The van der Waals surface area contributed by atoms with Gasteiger partial charge in [0.25, 0.3) is 5.91 Å². The zero-order valence-electron chi connectivity index (χ0n) is 10.3. The molecule has 0 radical (unpaired) electrons. The van der Waals surface area contributed by atoms with E-state index in [4.69, 9.17) is 5.11 Å². The van der Waals surface area contributed by atoms with Crippen LogP contribution in [0.25, 0.3) is 0 Å². The van der Waals surface area contributed by atoms with E-state index in [0.717, 1.165) is 10.6 Å². The van der Waals surface area contributed by atoms with Gasteiger partial charge >= 0.3 is 0 Å². The van der Waals surface area contributed by atoms with E-state index >= 15 is 0 Å². The Bertz CT molecular complexity index is 653. The lowest BCUT2D eigenvalue weighted by molar-refractivity contribution is 0.102. The van der Waals surface area contributed by atoms with Crippen LogP contribution >= 0.6 is 11.3 Å². The summed E-state index contributed by atoms with van der Waals surface area (Å²) in [5.74, 6) is 5.13. The number of aliphatic hydroxyl groups excluding tert-OH is 1. The number of aromatic nitrogens is 1. The Balaban J connectivity index is 2.12. The van der Waals surface area contributed by atoms with Crippen LogP contribution in [0.1, 0.15) is 20.9 Å². The predicted molar refractivity (Wildman–Crippen MR) is 75.2 cm³/mol. The molecule has 0 fully saturated rings. The SMILES string of the molecule is Cc1ncccc1NC(=O)c1csc(C#CCO)c1. The molecule has 2 aromatic rings. The minimum absolute atomic E-state index is 0.186. The van der Waals surface area contributed by atoms with Crippen molar-refractivity contribution in [3.05, 3.63) is 45.9 Å². The van der Waals surface area contributed by atoms with E-state index in [0.29, 0.717) is 11.3 Å². The van der Waals surface area contributed by atoms with Crippen LogP contribution in [0, 0.1) is 18.8 Å². The van der Waals surface area contributed by atoms with Gasteiger partial charge in [0, 0.05) is 11.6 Å². The number of rotatable bonds is 2. The van der Waals surface area contributed by atoms with Crippen molar-refractivity contribution in [1.29, 1.82) is 0 Å². The van der Waals surface area contributed by atoms with Gasteiger partial charge < -0.3 is 10.4 Å². The Labute approximate surface area is 115 Å². The second kappa shape index (κ2) is 6.14. The van der Waals surface area contributed by atoms with Crippen molar-refractivity contribution in [2.75, 3.05) is 11.9 Å². The fourth-order valence-electron chi connectivity index (χ4n) is 1.46. The molecule has 0 unspecified atom stereocenters. The number of anilines is 1. The summed E-state index contributed by atoms with van der Waals surface area (Å²) in [6.07, 6.45) is 1.68. The second-order valence-electron chi connectivity index (χ2n) is 3.75. The lowest BCUT2D eigenvalue weighted by atomic mass is 10.2. The molecule has 0 aliphatic rings. The molecule has 0 atom stereocenters. The highest BCUT2D eigenvalue weighted by Crippen LogP contribution is 2.17. The first kappa shape index (κ1) is 13.3. The first-order valence-corrected chi connectivity index (χ1v) is 6.50. The van der Waals surface area contributed by atoms with Gasteiger partial charge in [-0.25, -0.2) is 0 Å². The van der Waals surface area contributed by atoms with Crippen LogP contribution in [0.2, 0.25) is 0 Å². The third-order valence-corrected chi connectivity index (χ3v) is 3.25. The Hall–Kier alpha value is -2.16. The molecule has 2 heterocycles. The number of aryl methyl sites for hydroxylation is 1. The molecule has 0 bridgehead atoms. The van der Waals surface area contributed by atoms with E-state index in [9.17, 15) is 4.79 Å². The third-order valence-electron chi connectivity index (χ3n) is 2.41. The van der Waals surface area contributed by atoms with Crippen LogP contribution in [-0.2, 0) is 0 Å². The van der Waals surface area contributed by atoms with Gasteiger partial charge in [-0.2, -0.15) is 0 Å². The number of hydrogen-bond acceptors (Lipinski definition) is 4. The van der Waals surface area contributed by atoms with Gasteiger partial charge in [-0.1, -0.05) is 11.8 Å². The Morgan fingerprint density at radius 3 is 3.16 bits per heavy atom. The molecule has 4 nitrogen and oxygen atoms in total. The number of pyridine rings is 1. The molecular weight excluding hydrogens is 260 g/mol. The molecule has 2 aromatic heterocycles. The monoisotopic (exact) mass is 272 g/mol. The topological polar surface area (TPSA) is 62.2 Å². The van der Waals surface area contributed by atoms with Crippen molar-refractivity contribution >= 4 is 22.9 Å². The molecule has 0 spiro atoms. The predicted octanol–water partition coefficient (Wildman–Crippen LogP) is 2.05. The molecule has 0 saturated heterocycles. The summed E-state index contributed by atoms with van der Waals surface area (Å²) in [6.45, 7) is 1.65. The van der Waals surface area contributed by atoms with Gasteiger partial charge in [-0.3, -0.25) is 9.78 Å². The normalized spacial score (nSPS) is 9.58. The van der Waals surface area contributed by atoms with Crippen molar-refractivity contribution in [3.63, 3.8) is 0 Å². The minimum atomic E-state index is -0.190. The van der Waals surface area contributed by atoms with E-state index in [2.05, 4.69) is 22.1 Å². The fourth-order valence-corrected chi connectivity index (χ4v) is 2.21. The Morgan fingerprint density at radius 1 is 1.58 bits per heavy atom. The van der Waals surface area contributed by atoms with Crippen LogP contribution in [0.4, 0.5) is 5.69 Å². The van der Waals surface area contributed by atoms with Crippen LogP contribution in [-0.4, -0.2) is 22.6 Å². The number of nitrogens with zero attached hydrogens (tertiary/aromatic N) is 1. The van der Waals surface area contributed by atoms with E-state index in [1.165, 1.54) is 11.3 Å². The lowest BCUT2D eigenvalue weighted by Gasteiger charge is -2.05. The van der Waals surface area contributed by atoms with E-state index in [-0.39, 0.29) is 12.5 Å². The van der Waals surface area contributed by atoms with Gasteiger partial charge in [0.2, 0.25) is 0 Å². The second-order valence-corrected chi connectivity index (χ2v) is 4.66. The highest BCUT2D eigenvalue weighted by molar-refractivity contribution is 7.10. The van der Waals surface area contributed by atoms with E-state index in [1.54, 1.807) is 29.8 Å². The molecule has 0 saturated carbocycles. The summed E-state index contributed by atoms with van der Waals surface area (Å²) in [5, 5.41) is 13.2. The average Bonchev–Trinajstić information content (AvgIpc) is 2.88. The minimum Gasteiger partial charge on any atom is -0.384 e. The number of carbonyl (C=O) groups is 1. The van der Waals surface area contributed by atoms with Gasteiger partial charge in [-0.05, 0) is 25.1 Å². The lowest BCUT2D eigenvalue weighted by Crippen LogP contribution is -2.12. The highest BCUT2D eigenvalue weighted by Gasteiger charge is 2.09. The zero-order chi connectivity index (χ0) is 13.7. The number of aliphatic hydroxyl groups is 1. The van der Waals surface area contributed by atoms with Gasteiger partial charge in [0.05, 0.1) is 21.8 Å². The Kier molecular flexibility index (Phi) is 4.29. The molecule has 2 rings (SSSR count). The highest BCUT2D eigenvalue weighted by atomic mass is 32.1. The van der Waals surface area contributed by atoms with Crippen molar-refractivity contribution in [3.8, 4) is 11.8 Å². The summed E-state index contributed by atoms with van der Waals surface area (Å²) in [4.78, 5) is 16.9. The smallest absolute Gasteiger partial charge is 0.256 e. The molecule has 96 valence electrons. The quantitative estimate of drug-likeness (QED) is 0.822. The zero-order valence-corrected chi connectivity index (χ0v) is 11.1. The number of amides is 1. The van der Waals surface area contributed by atoms with Crippen LogP contribution in [0.15, 0.2) is 29.8 Å². The van der Waals surface area contributed by atoms with Gasteiger partial charge in [0.1, 0.15) is 6.61 Å². The van der Waals surface area contributed by atoms with Crippen LogP contribution in [0.5, 0.6) is 0 Å². The summed E-state index contributed by atoms with van der Waals surface area (Å²) >= 11 is 1.37. The number of thiophene rings is 1. The number of carbonyl (C=O) groups excluding carboxylic acids is 1. The van der Waals surface area contributed by atoms with Gasteiger partial charge in [0.15, 0.2) is 0 Å². The molecule has 1 amide bonds. The molecule has 2 N–H and O–H groups in total. The molecule has 0 aliphatic heterocycles. The molecule has 0 aromatic carbocycles. The Morgan fingerprint density at radius 2 is 2.42 bits per heavy atom. The molecule has 0 aliphatic carbocycles. The summed E-state index contributed by atoms with van der Waals surface area (Å²) in [5.41, 5.74) is 2.02. The summed E-state index contributed by atoms with van der Waals surface area (Å²) < 4.78 is 0. The first-order chi connectivity index (χ1) is 9.20. The van der Waals surface area contributed by atoms with E-state index < -0.39 is 0 Å². The van der Waals surface area contributed by atoms with Crippen molar-refractivity contribution in [2.24, 2.45) is 0 Å². The third kappa shape index (κ3) is 3.41. The molecule has 19 heavy (non-hydrogen) atoms. The molecule has 5 heteroatoms. The maximum atomic E-state index is 12.0. The average molecular weight is 272 g/mol. The molecular formula is C14H12N2O2S. The van der Waals surface area contributed by atoms with Gasteiger partial charge in [-0.15, -0.1) is 11.3 Å². The standard InChI is InChI=1S/C14H12N2O2S/c1-10-13(5-2-6-15-10)16-14(18)11-8-12(19-9-11)4-3-7-17/h2,5-6,8-9,17H,7H2,1H3,(H,16,18). The summed E-state index contributed by atoms with van der Waals surface area (Å²) in [6, 6.07) is 5.28. The maximum absolute atomic E-state index is 12.0. The first-order valence-electron chi connectivity index (χ1n) is 5.62. The number of nitrogens with one attached hydrogen (secondary N) is 1. The summed E-state index contributed by atoms with van der Waals surface area (Å²) in [7, 11) is 0.